The highest BCUT2D eigenvalue weighted by atomic mass is 35.5. The second-order valence-electron chi connectivity index (χ2n) is 6.11. The van der Waals surface area contributed by atoms with E-state index < -0.39 is 5.82 Å². The van der Waals surface area contributed by atoms with Gasteiger partial charge in [-0.25, -0.2) is 4.39 Å². The minimum Gasteiger partial charge on any atom is -0.339 e. The molecule has 1 atom stereocenters. The fourth-order valence-corrected chi connectivity index (χ4v) is 3.19. The van der Waals surface area contributed by atoms with E-state index in [1.807, 2.05) is 6.07 Å². The van der Waals surface area contributed by atoms with Gasteiger partial charge in [-0.15, -0.1) is 0 Å². The summed E-state index contributed by atoms with van der Waals surface area (Å²) >= 11 is 6.06. The van der Waals surface area contributed by atoms with Gasteiger partial charge in [-0.3, -0.25) is 9.78 Å². The van der Waals surface area contributed by atoms with Crippen LogP contribution in [0, 0.1) is 5.82 Å². The molecule has 0 saturated carbocycles. The Bertz CT molecular complexity index is 947. The van der Waals surface area contributed by atoms with E-state index in [0.29, 0.717) is 35.4 Å². The Balaban J connectivity index is 1.49. The van der Waals surface area contributed by atoms with E-state index in [-0.39, 0.29) is 18.2 Å². The molecule has 1 aliphatic rings. The summed E-state index contributed by atoms with van der Waals surface area (Å²) < 4.78 is 18.5. The molecule has 1 amide bonds. The maximum Gasteiger partial charge on any atom is 0.232 e. The molecule has 8 heteroatoms. The summed E-state index contributed by atoms with van der Waals surface area (Å²) in [5.74, 6) is 0.250. The molecule has 2 aromatic heterocycles. The van der Waals surface area contributed by atoms with Crippen LogP contribution in [0.15, 0.2) is 47.2 Å². The van der Waals surface area contributed by atoms with Crippen molar-refractivity contribution in [3.8, 4) is 11.4 Å². The molecule has 1 aliphatic heterocycles. The van der Waals surface area contributed by atoms with Crippen molar-refractivity contribution >= 4 is 17.5 Å². The molecule has 0 spiro atoms. The predicted molar refractivity (Wildman–Crippen MR) is 91.7 cm³/mol. The molecule has 3 aromatic rings. The number of hydrogen-bond donors (Lipinski definition) is 0. The molecule has 3 heterocycles. The van der Waals surface area contributed by atoms with Crippen molar-refractivity contribution in [1.82, 2.24) is 20.0 Å². The van der Waals surface area contributed by atoms with E-state index >= 15 is 0 Å². The lowest BCUT2D eigenvalue weighted by Crippen LogP contribution is -2.24. The van der Waals surface area contributed by atoms with E-state index in [0.717, 1.165) is 5.56 Å². The summed E-state index contributed by atoms with van der Waals surface area (Å²) in [6, 6.07) is 7.79. The zero-order valence-electron chi connectivity index (χ0n) is 13.6. The second-order valence-corrected chi connectivity index (χ2v) is 6.52. The monoisotopic (exact) mass is 372 g/mol. The summed E-state index contributed by atoms with van der Waals surface area (Å²) in [6.45, 7) is 0.763. The van der Waals surface area contributed by atoms with Gasteiger partial charge in [0.25, 0.3) is 0 Å². The van der Waals surface area contributed by atoms with Gasteiger partial charge in [-0.05, 0) is 29.8 Å². The first-order valence-corrected chi connectivity index (χ1v) is 8.43. The van der Waals surface area contributed by atoms with Crippen LogP contribution in [0.2, 0.25) is 5.02 Å². The first-order chi connectivity index (χ1) is 12.6. The van der Waals surface area contributed by atoms with Crippen LogP contribution in [-0.4, -0.2) is 32.5 Å². The third-order valence-electron chi connectivity index (χ3n) is 4.30. The molecule has 0 aliphatic carbocycles. The summed E-state index contributed by atoms with van der Waals surface area (Å²) in [5.41, 5.74) is 1.45. The molecule has 0 N–H and O–H groups in total. The molecule has 1 fully saturated rings. The van der Waals surface area contributed by atoms with E-state index in [1.54, 1.807) is 29.4 Å². The minimum atomic E-state index is -0.404. The fraction of sp³-hybridized carbons (Fsp3) is 0.222. The fourth-order valence-electron chi connectivity index (χ4n) is 2.96. The highest BCUT2D eigenvalue weighted by Gasteiger charge is 2.34. The molecule has 132 valence electrons. The predicted octanol–water partition coefficient (Wildman–Crippen LogP) is 3.44. The zero-order valence-corrected chi connectivity index (χ0v) is 14.4. The molecule has 6 nitrogen and oxygen atoms in total. The lowest BCUT2D eigenvalue weighted by atomic mass is 10.1. The number of hydrogen-bond acceptors (Lipinski definition) is 5. The second kappa shape index (κ2) is 6.84. The van der Waals surface area contributed by atoms with E-state index in [1.165, 1.54) is 12.1 Å². The first-order valence-electron chi connectivity index (χ1n) is 8.06. The Hall–Kier alpha value is -2.80. The number of carbonyl (C=O) groups is 1. The van der Waals surface area contributed by atoms with Crippen molar-refractivity contribution in [2.45, 2.75) is 18.9 Å². The normalized spacial score (nSPS) is 17.1. The van der Waals surface area contributed by atoms with Gasteiger partial charge in [0, 0.05) is 42.5 Å². The zero-order chi connectivity index (χ0) is 18.1. The smallest absolute Gasteiger partial charge is 0.232 e. The number of pyridine rings is 1. The summed E-state index contributed by atoms with van der Waals surface area (Å²) in [5, 5.41) is 4.27. The quantitative estimate of drug-likeness (QED) is 0.701. The number of amides is 1. The van der Waals surface area contributed by atoms with Gasteiger partial charge in [0.05, 0.1) is 5.92 Å². The Labute approximate surface area is 153 Å². The van der Waals surface area contributed by atoms with Gasteiger partial charge < -0.3 is 9.42 Å². The highest BCUT2D eigenvalue weighted by Crippen LogP contribution is 2.30. The first kappa shape index (κ1) is 16.7. The molecule has 0 radical (unpaired) electrons. The van der Waals surface area contributed by atoms with E-state index in [9.17, 15) is 9.18 Å². The Morgan fingerprint density at radius 1 is 1.35 bits per heavy atom. The van der Waals surface area contributed by atoms with E-state index in [4.69, 9.17) is 16.1 Å². The van der Waals surface area contributed by atoms with Gasteiger partial charge >= 0.3 is 0 Å². The van der Waals surface area contributed by atoms with Crippen LogP contribution in [0.25, 0.3) is 11.4 Å². The Kier molecular flexibility index (Phi) is 4.38. The third kappa shape index (κ3) is 3.30. The van der Waals surface area contributed by atoms with Crippen LogP contribution >= 0.6 is 11.6 Å². The summed E-state index contributed by atoms with van der Waals surface area (Å²) in [4.78, 5) is 22.4. The lowest BCUT2D eigenvalue weighted by molar-refractivity contribution is -0.128. The number of likely N-dealkylation sites (tertiary alicyclic amines) is 1. The molecule has 4 rings (SSSR count). The summed E-state index contributed by atoms with van der Waals surface area (Å²) in [6.07, 6.45) is 3.60. The van der Waals surface area contributed by atoms with Crippen LogP contribution < -0.4 is 0 Å². The van der Waals surface area contributed by atoms with Crippen LogP contribution in [0.4, 0.5) is 4.39 Å². The van der Waals surface area contributed by atoms with E-state index in [2.05, 4.69) is 15.1 Å². The molecule has 1 saturated heterocycles. The third-order valence-corrected chi connectivity index (χ3v) is 4.65. The van der Waals surface area contributed by atoms with Crippen LogP contribution in [-0.2, 0) is 11.3 Å². The summed E-state index contributed by atoms with van der Waals surface area (Å²) in [7, 11) is 0. The largest absolute Gasteiger partial charge is 0.339 e. The number of benzene rings is 1. The van der Waals surface area contributed by atoms with Crippen molar-refractivity contribution < 1.29 is 13.7 Å². The van der Waals surface area contributed by atoms with Gasteiger partial charge in [-0.2, -0.15) is 4.98 Å². The molecule has 26 heavy (non-hydrogen) atoms. The lowest BCUT2D eigenvalue weighted by Gasteiger charge is -2.17. The van der Waals surface area contributed by atoms with Crippen molar-refractivity contribution in [3.63, 3.8) is 0 Å². The standard InChI is InChI=1S/C18H14ClFN4O2/c19-15-7-14(20)4-3-12(15)9-24-10-13(6-16(24)25)18-22-17(23-26-18)11-2-1-5-21-8-11/h1-5,7-8,13H,6,9-10H2. The molecule has 1 unspecified atom stereocenters. The number of carbonyl (C=O) groups excluding carboxylic acids is 1. The molecule has 0 bridgehead atoms. The number of halogens is 2. The van der Waals surface area contributed by atoms with Gasteiger partial charge in [0.15, 0.2) is 0 Å². The Morgan fingerprint density at radius 2 is 2.23 bits per heavy atom. The average Bonchev–Trinajstić information content (AvgIpc) is 3.25. The van der Waals surface area contributed by atoms with Crippen LogP contribution in [0.5, 0.6) is 0 Å². The SMILES string of the molecule is O=C1CC(c2nc(-c3cccnc3)no2)CN1Cc1ccc(F)cc1Cl. The molecular formula is C18H14ClFN4O2. The number of nitrogens with zero attached hydrogens (tertiary/aromatic N) is 4. The van der Waals surface area contributed by atoms with Crippen LogP contribution in [0.3, 0.4) is 0 Å². The van der Waals surface area contributed by atoms with Gasteiger partial charge in [0.2, 0.25) is 17.6 Å². The van der Waals surface area contributed by atoms with Gasteiger partial charge in [-0.1, -0.05) is 22.8 Å². The van der Waals surface area contributed by atoms with Crippen molar-refractivity contribution in [2.75, 3.05) is 6.54 Å². The average molecular weight is 373 g/mol. The highest BCUT2D eigenvalue weighted by molar-refractivity contribution is 6.31. The van der Waals surface area contributed by atoms with Crippen molar-refractivity contribution in [1.29, 1.82) is 0 Å². The van der Waals surface area contributed by atoms with Crippen molar-refractivity contribution in [2.24, 2.45) is 0 Å². The Morgan fingerprint density at radius 3 is 3.00 bits per heavy atom. The van der Waals surface area contributed by atoms with Crippen molar-refractivity contribution in [3.05, 3.63) is 65.0 Å². The maximum atomic E-state index is 13.2. The molecular weight excluding hydrogens is 359 g/mol. The molecule has 1 aromatic carbocycles. The van der Waals surface area contributed by atoms with Crippen LogP contribution in [0.1, 0.15) is 23.8 Å². The van der Waals surface area contributed by atoms with Gasteiger partial charge in [0.1, 0.15) is 5.82 Å². The number of aromatic nitrogens is 3. The minimum absolute atomic E-state index is 0.0310. The number of rotatable bonds is 4. The topological polar surface area (TPSA) is 72.1 Å². The maximum absolute atomic E-state index is 13.2.